The molecule has 3 saturated carbocycles. The van der Waals surface area contributed by atoms with Crippen LogP contribution in [-0.2, 0) is 0 Å². The summed E-state index contributed by atoms with van der Waals surface area (Å²) < 4.78 is 0. The van der Waals surface area contributed by atoms with Crippen LogP contribution in [0.3, 0.4) is 0 Å². The Balaban J connectivity index is 1.41. The Morgan fingerprint density at radius 1 is 1.00 bits per heavy atom. The highest BCUT2D eigenvalue weighted by atomic mass is 32.1. The molecular weight excluding hydrogens is 262 g/mol. The fourth-order valence-electron chi connectivity index (χ4n) is 4.29. The van der Waals surface area contributed by atoms with Crippen LogP contribution < -0.4 is 5.32 Å². The lowest BCUT2D eigenvalue weighted by Crippen LogP contribution is -2.32. The van der Waals surface area contributed by atoms with E-state index in [0.29, 0.717) is 6.04 Å². The third kappa shape index (κ3) is 2.96. The van der Waals surface area contributed by atoms with Gasteiger partial charge in [0.1, 0.15) is 0 Å². The van der Waals surface area contributed by atoms with Gasteiger partial charge >= 0.3 is 0 Å². The van der Waals surface area contributed by atoms with Crippen LogP contribution in [0.2, 0.25) is 0 Å². The van der Waals surface area contributed by atoms with Gasteiger partial charge in [-0.05, 0) is 80.2 Å². The Morgan fingerprint density at radius 3 is 2.25 bits per heavy atom. The molecule has 1 unspecified atom stereocenters. The summed E-state index contributed by atoms with van der Waals surface area (Å²) in [5, 5.41) is 6.27. The maximum Gasteiger partial charge on any atom is 0.0443 e. The van der Waals surface area contributed by atoms with E-state index in [-0.39, 0.29) is 0 Å². The van der Waals surface area contributed by atoms with Crippen molar-refractivity contribution in [2.75, 3.05) is 6.54 Å². The zero-order chi connectivity index (χ0) is 13.4. The van der Waals surface area contributed by atoms with Gasteiger partial charge < -0.3 is 5.32 Å². The van der Waals surface area contributed by atoms with E-state index in [1.807, 2.05) is 11.3 Å². The lowest BCUT2D eigenvalue weighted by atomic mass is 9.93. The van der Waals surface area contributed by atoms with Gasteiger partial charge in [-0.1, -0.05) is 18.9 Å². The molecule has 3 aliphatic carbocycles. The zero-order valence-electron chi connectivity index (χ0n) is 12.4. The molecule has 110 valence electrons. The lowest BCUT2D eigenvalue weighted by molar-refractivity contribution is 0.309. The number of thiophene rings is 1. The average Bonchev–Trinajstić information content (AvgIpc) is 3.37. The monoisotopic (exact) mass is 289 g/mol. The minimum Gasteiger partial charge on any atom is -0.309 e. The maximum absolute atomic E-state index is 4.02. The van der Waals surface area contributed by atoms with E-state index < -0.39 is 0 Å². The first kappa shape index (κ1) is 13.3. The first-order chi connectivity index (χ1) is 9.92. The summed E-state index contributed by atoms with van der Waals surface area (Å²) in [7, 11) is 0. The standard InChI is InChI=1S/C18H27NS/c1-2-5-15(4-1)18(17-6-3-11-20-17)19-12-16(13-7-8-13)14-9-10-14/h3,6,11,13-16,18-19H,1-2,4-5,7-10,12H2. The number of hydrogen-bond acceptors (Lipinski definition) is 2. The molecule has 1 aromatic rings. The first-order valence-electron chi connectivity index (χ1n) is 8.68. The van der Waals surface area contributed by atoms with Gasteiger partial charge in [-0.3, -0.25) is 0 Å². The van der Waals surface area contributed by atoms with Gasteiger partial charge in [0.2, 0.25) is 0 Å². The van der Waals surface area contributed by atoms with Crippen molar-refractivity contribution in [2.24, 2.45) is 23.7 Å². The molecule has 1 nitrogen and oxygen atoms in total. The fraction of sp³-hybridized carbons (Fsp3) is 0.778. The molecule has 0 saturated heterocycles. The molecule has 0 aliphatic heterocycles. The summed E-state index contributed by atoms with van der Waals surface area (Å²) in [5.74, 6) is 4.04. The first-order valence-corrected chi connectivity index (χ1v) is 9.56. The molecule has 20 heavy (non-hydrogen) atoms. The molecule has 0 bridgehead atoms. The van der Waals surface area contributed by atoms with E-state index in [0.717, 1.165) is 23.7 Å². The highest BCUT2D eigenvalue weighted by Gasteiger charge is 2.41. The minimum atomic E-state index is 0.650. The van der Waals surface area contributed by atoms with Crippen LogP contribution in [0.1, 0.15) is 62.3 Å². The van der Waals surface area contributed by atoms with Crippen LogP contribution in [0, 0.1) is 23.7 Å². The van der Waals surface area contributed by atoms with E-state index >= 15 is 0 Å². The van der Waals surface area contributed by atoms with Gasteiger partial charge in [0, 0.05) is 10.9 Å². The number of nitrogens with one attached hydrogen (secondary N) is 1. The quantitative estimate of drug-likeness (QED) is 0.744. The van der Waals surface area contributed by atoms with Crippen LogP contribution in [0.15, 0.2) is 17.5 Å². The second-order valence-corrected chi connectivity index (χ2v) is 8.26. The topological polar surface area (TPSA) is 12.0 Å². The number of rotatable bonds is 7. The molecule has 3 aliphatic rings. The molecule has 0 aromatic carbocycles. The van der Waals surface area contributed by atoms with Gasteiger partial charge in [-0.2, -0.15) is 0 Å². The van der Waals surface area contributed by atoms with Crippen molar-refractivity contribution in [3.05, 3.63) is 22.4 Å². The molecule has 0 spiro atoms. The van der Waals surface area contributed by atoms with E-state index in [9.17, 15) is 0 Å². The summed E-state index contributed by atoms with van der Waals surface area (Å²) >= 11 is 1.96. The Kier molecular flexibility index (Phi) is 3.87. The molecule has 1 N–H and O–H groups in total. The van der Waals surface area contributed by atoms with Gasteiger partial charge in [0.05, 0.1) is 0 Å². The van der Waals surface area contributed by atoms with Crippen molar-refractivity contribution in [1.82, 2.24) is 5.32 Å². The third-order valence-electron chi connectivity index (χ3n) is 5.75. The van der Waals surface area contributed by atoms with Crippen LogP contribution in [0.4, 0.5) is 0 Å². The zero-order valence-corrected chi connectivity index (χ0v) is 13.2. The molecule has 1 atom stereocenters. The summed E-state index contributed by atoms with van der Waals surface area (Å²) in [6.07, 6.45) is 11.8. The fourth-order valence-corrected chi connectivity index (χ4v) is 5.18. The molecule has 0 radical (unpaired) electrons. The summed E-state index contributed by atoms with van der Waals surface area (Å²) in [4.78, 5) is 1.59. The van der Waals surface area contributed by atoms with Crippen molar-refractivity contribution in [3.8, 4) is 0 Å². The molecular formula is C18H27NS. The highest BCUT2D eigenvalue weighted by molar-refractivity contribution is 7.10. The Hall–Kier alpha value is -0.340. The SMILES string of the molecule is c1csc(C(NCC(C2CC2)C2CC2)C2CCCC2)c1. The Bertz CT molecular complexity index is 401. The van der Waals surface area contributed by atoms with Crippen molar-refractivity contribution >= 4 is 11.3 Å². The Morgan fingerprint density at radius 2 is 1.70 bits per heavy atom. The average molecular weight is 289 g/mol. The van der Waals surface area contributed by atoms with E-state index in [4.69, 9.17) is 0 Å². The van der Waals surface area contributed by atoms with Gasteiger partial charge in [-0.25, -0.2) is 0 Å². The van der Waals surface area contributed by atoms with Crippen LogP contribution in [-0.4, -0.2) is 6.54 Å². The maximum atomic E-state index is 4.02. The second-order valence-electron chi connectivity index (χ2n) is 7.28. The van der Waals surface area contributed by atoms with Crippen molar-refractivity contribution in [2.45, 2.75) is 57.4 Å². The molecule has 1 heterocycles. The molecule has 2 heteroatoms. The van der Waals surface area contributed by atoms with Gasteiger partial charge in [-0.15, -0.1) is 11.3 Å². The lowest BCUT2D eigenvalue weighted by Gasteiger charge is -2.27. The van der Waals surface area contributed by atoms with E-state index in [1.165, 1.54) is 57.9 Å². The van der Waals surface area contributed by atoms with Crippen molar-refractivity contribution in [3.63, 3.8) is 0 Å². The number of hydrogen-bond donors (Lipinski definition) is 1. The minimum absolute atomic E-state index is 0.650. The summed E-state index contributed by atoms with van der Waals surface area (Å²) in [5.41, 5.74) is 0. The van der Waals surface area contributed by atoms with Crippen LogP contribution in [0.25, 0.3) is 0 Å². The summed E-state index contributed by atoms with van der Waals surface area (Å²) in [6.45, 7) is 1.29. The van der Waals surface area contributed by atoms with Crippen molar-refractivity contribution in [1.29, 1.82) is 0 Å². The smallest absolute Gasteiger partial charge is 0.0443 e. The normalized spacial score (nSPS) is 25.4. The summed E-state index contributed by atoms with van der Waals surface area (Å²) in [6, 6.07) is 5.23. The van der Waals surface area contributed by atoms with Crippen LogP contribution >= 0.6 is 11.3 Å². The molecule has 4 rings (SSSR count). The highest BCUT2D eigenvalue weighted by Crippen LogP contribution is 2.49. The van der Waals surface area contributed by atoms with E-state index in [1.54, 1.807) is 4.88 Å². The molecule has 1 aromatic heterocycles. The third-order valence-corrected chi connectivity index (χ3v) is 6.70. The molecule has 3 fully saturated rings. The van der Waals surface area contributed by atoms with Gasteiger partial charge in [0.25, 0.3) is 0 Å². The second kappa shape index (κ2) is 5.81. The molecule has 0 amide bonds. The van der Waals surface area contributed by atoms with Crippen LogP contribution in [0.5, 0.6) is 0 Å². The predicted molar refractivity (Wildman–Crippen MR) is 86.0 cm³/mol. The van der Waals surface area contributed by atoms with Gasteiger partial charge in [0.15, 0.2) is 0 Å². The van der Waals surface area contributed by atoms with E-state index in [2.05, 4.69) is 22.8 Å². The van der Waals surface area contributed by atoms with Crippen molar-refractivity contribution < 1.29 is 0 Å². The Labute approximate surface area is 127 Å². The largest absolute Gasteiger partial charge is 0.309 e. The predicted octanol–water partition coefficient (Wildman–Crippen LogP) is 5.01.